The Kier molecular flexibility index (Phi) is 5.76. The lowest BCUT2D eigenvalue weighted by atomic mass is 10.1. The van der Waals surface area contributed by atoms with Gasteiger partial charge in [-0.3, -0.25) is 0 Å². The Morgan fingerprint density at radius 2 is 2.11 bits per heavy atom. The number of hydrogen-bond donors (Lipinski definition) is 2. The average Bonchev–Trinajstić information content (AvgIpc) is 2.37. The maximum absolute atomic E-state index is 13.9. The van der Waals surface area contributed by atoms with Gasteiger partial charge in [0, 0.05) is 6.04 Å². The Morgan fingerprint density at radius 1 is 1.42 bits per heavy atom. The maximum atomic E-state index is 13.9. The number of aliphatic hydroxyl groups is 1. The van der Waals surface area contributed by atoms with E-state index in [0.29, 0.717) is 6.42 Å². The summed E-state index contributed by atoms with van der Waals surface area (Å²) in [5.41, 5.74) is -0.0451. The van der Waals surface area contributed by atoms with Crippen LogP contribution in [0.3, 0.4) is 0 Å². The van der Waals surface area contributed by atoms with Crippen LogP contribution in [0.5, 0.6) is 5.75 Å². The van der Waals surface area contributed by atoms with Gasteiger partial charge < -0.3 is 15.2 Å². The van der Waals surface area contributed by atoms with Crippen molar-refractivity contribution >= 4 is 0 Å². The number of ether oxygens (including phenoxy) is 1. The zero-order chi connectivity index (χ0) is 14.5. The van der Waals surface area contributed by atoms with E-state index >= 15 is 0 Å². The van der Waals surface area contributed by atoms with E-state index in [-0.39, 0.29) is 18.4 Å². The molecule has 4 heteroatoms. The minimum Gasteiger partial charge on any atom is -0.488 e. The Bertz CT molecular complexity index is 407. The lowest BCUT2D eigenvalue weighted by molar-refractivity contribution is 0.00733. The van der Waals surface area contributed by atoms with E-state index in [1.165, 1.54) is 6.07 Å². The van der Waals surface area contributed by atoms with Crippen LogP contribution < -0.4 is 10.1 Å². The Hall–Kier alpha value is -1.13. The van der Waals surface area contributed by atoms with Gasteiger partial charge in [0.15, 0.2) is 11.6 Å². The molecule has 3 nitrogen and oxygen atoms in total. The minimum atomic E-state index is -0.928. The molecule has 19 heavy (non-hydrogen) atoms. The molecule has 1 aromatic rings. The molecule has 0 saturated heterocycles. The van der Waals surface area contributed by atoms with Crippen LogP contribution in [-0.2, 0) is 0 Å². The smallest absolute Gasteiger partial charge is 0.165 e. The van der Waals surface area contributed by atoms with Crippen LogP contribution in [0.2, 0.25) is 0 Å². The predicted molar refractivity (Wildman–Crippen MR) is 74.9 cm³/mol. The summed E-state index contributed by atoms with van der Waals surface area (Å²) in [4.78, 5) is 0. The summed E-state index contributed by atoms with van der Waals surface area (Å²) in [6.07, 6.45) is 0.560. The van der Waals surface area contributed by atoms with E-state index < -0.39 is 11.4 Å². The molecule has 1 aromatic carbocycles. The number of hydrogen-bond acceptors (Lipinski definition) is 3. The van der Waals surface area contributed by atoms with Crippen LogP contribution in [-0.4, -0.2) is 23.9 Å². The van der Waals surface area contributed by atoms with Crippen LogP contribution >= 0.6 is 0 Å². The molecule has 0 saturated carbocycles. The zero-order valence-corrected chi connectivity index (χ0v) is 12.2. The first kappa shape index (κ1) is 15.9. The van der Waals surface area contributed by atoms with Crippen LogP contribution in [0.15, 0.2) is 18.2 Å². The van der Waals surface area contributed by atoms with Crippen LogP contribution in [0.25, 0.3) is 0 Å². The van der Waals surface area contributed by atoms with E-state index in [9.17, 15) is 9.50 Å². The SMILES string of the molecule is CCNC(C)c1ccc(OCC(C)(O)CC)c(F)c1. The van der Waals surface area contributed by atoms with Crippen molar-refractivity contribution in [2.75, 3.05) is 13.2 Å². The summed E-state index contributed by atoms with van der Waals surface area (Å²) in [5, 5.41) is 13.1. The number of nitrogens with one attached hydrogen (secondary N) is 1. The first-order valence-electron chi connectivity index (χ1n) is 6.77. The number of rotatable bonds is 7. The van der Waals surface area contributed by atoms with Gasteiger partial charge in [-0.15, -0.1) is 0 Å². The van der Waals surface area contributed by atoms with Crippen molar-refractivity contribution in [1.29, 1.82) is 0 Å². The molecular weight excluding hydrogens is 245 g/mol. The molecule has 0 radical (unpaired) electrons. The molecule has 0 amide bonds. The van der Waals surface area contributed by atoms with Crippen molar-refractivity contribution in [2.45, 2.75) is 45.8 Å². The third-order valence-corrected chi connectivity index (χ3v) is 3.27. The minimum absolute atomic E-state index is 0.0858. The topological polar surface area (TPSA) is 41.5 Å². The zero-order valence-electron chi connectivity index (χ0n) is 12.2. The summed E-state index contributed by atoms with van der Waals surface area (Å²) in [5.74, 6) is -0.213. The highest BCUT2D eigenvalue weighted by molar-refractivity contribution is 5.31. The monoisotopic (exact) mass is 269 g/mol. The van der Waals surface area contributed by atoms with Gasteiger partial charge in [0.25, 0.3) is 0 Å². The largest absolute Gasteiger partial charge is 0.488 e. The quantitative estimate of drug-likeness (QED) is 0.799. The predicted octanol–water partition coefficient (Wildman–Crippen LogP) is 3.04. The fourth-order valence-electron chi connectivity index (χ4n) is 1.66. The first-order chi connectivity index (χ1) is 8.89. The fourth-order valence-corrected chi connectivity index (χ4v) is 1.66. The summed E-state index contributed by atoms with van der Waals surface area (Å²) < 4.78 is 19.2. The first-order valence-corrected chi connectivity index (χ1v) is 6.77. The highest BCUT2D eigenvalue weighted by atomic mass is 19.1. The van der Waals surface area contributed by atoms with Gasteiger partial charge in [0.05, 0.1) is 5.60 Å². The number of benzene rings is 1. The second-order valence-electron chi connectivity index (χ2n) is 5.11. The van der Waals surface area contributed by atoms with Crippen LogP contribution in [0.1, 0.15) is 45.7 Å². The van der Waals surface area contributed by atoms with Gasteiger partial charge in [-0.25, -0.2) is 4.39 Å². The standard InChI is InChI=1S/C15H24FNO2/c1-5-15(4,18)10-19-14-8-7-12(9-13(14)16)11(3)17-6-2/h7-9,11,17-18H,5-6,10H2,1-4H3. The molecule has 2 N–H and O–H groups in total. The molecule has 2 atom stereocenters. The Morgan fingerprint density at radius 3 is 2.63 bits per heavy atom. The molecule has 0 aliphatic carbocycles. The Balaban J connectivity index is 2.72. The van der Waals surface area contributed by atoms with Crippen molar-refractivity contribution in [3.63, 3.8) is 0 Å². The summed E-state index contributed by atoms with van der Waals surface area (Å²) in [7, 11) is 0. The molecule has 0 heterocycles. The van der Waals surface area contributed by atoms with Crippen molar-refractivity contribution in [3.8, 4) is 5.75 Å². The van der Waals surface area contributed by atoms with Gasteiger partial charge in [-0.05, 0) is 44.5 Å². The highest BCUT2D eigenvalue weighted by Gasteiger charge is 2.19. The van der Waals surface area contributed by atoms with E-state index in [1.807, 2.05) is 26.8 Å². The Labute approximate surface area is 114 Å². The second-order valence-corrected chi connectivity index (χ2v) is 5.11. The van der Waals surface area contributed by atoms with Crippen LogP contribution in [0, 0.1) is 5.82 Å². The molecule has 0 aliphatic heterocycles. The third kappa shape index (κ3) is 4.80. The molecule has 1 rings (SSSR count). The molecule has 2 unspecified atom stereocenters. The molecule has 0 bridgehead atoms. The molecule has 0 spiro atoms. The highest BCUT2D eigenvalue weighted by Crippen LogP contribution is 2.23. The van der Waals surface area contributed by atoms with E-state index in [2.05, 4.69) is 5.32 Å². The lowest BCUT2D eigenvalue weighted by Gasteiger charge is -2.22. The normalized spacial score (nSPS) is 15.9. The van der Waals surface area contributed by atoms with Crippen molar-refractivity contribution in [2.24, 2.45) is 0 Å². The van der Waals surface area contributed by atoms with Gasteiger partial charge in [0.1, 0.15) is 6.61 Å². The molecule has 108 valence electrons. The van der Waals surface area contributed by atoms with Crippen molar-refractivity contribution in [1.82, 2.24) is 5.32 Å². The molecular formula is C15H24FNO2. The average molecular weight is 269 g/mol. The second kappa shape index (κ2) is 6.87. The van der Waals surface area contributed by atoms with Gasteiger partial charge >= 0.3 is 0 Å². The van der Waals surface area contributed by atoms with E-state index in [4.69, 9.17) is 4.74 Å². The van der Waals surface area contributed by atoms with E-state index in [1.54, 1.807) is 13.0 Å². The van der Waals surface area contributed by atoms with Crippen molar-refractivity contribution < 1.29 is 14.2 Å². The summed E-state index contributed by atoms with van der Waals surface area (Å²) in [6.45, 7) is 8.45. The van der Waals surface area contributed by atoms with Gasteiger partial charge in [-0.1, -0.05) is 19.9 Å². The number of halogens is 1. The van der Waals surface area contributed by atoms with Gasteiger partial charge in [-0.2, -0.15) is 0 Å². The van der Waals surface area contributed by atoms with Gasteiger partial charge in [0.2, 0.25) is 0 Å². The van der Waals surface area contributed by atoms with Crippen LogP contribution in [0.4, 0.5) is 4.39 Å². The summed E-state index contributed by atoms with van der Waals surface area (Å²) >= 11 is 0. The summed E-state index contributed by atoms with van der Waals surface area (Å²) in [6, 6.07) is 5.03. The maximum Gasteiger partial charge on any atom is 0.165 e. The third-order valence-electron chi connectivity index (χ3n) is 3.27. The molecule has 0 fully saturated rings. The fraction of sp³-hybridized carbons (Fsp3) is 0.600. The molecule has 0 aromatic heterocycles. The lowest BCUT2D eigenvalue weighted by Crippen LogP contribution is -2.31. The van der Waals surface area contributed by atoms with E-state index in [0.717, 1.165) is 12.1 Å². The van der Waals surface area contributed by atoms with Crippen molar-refractivity contribution in [3.05, 3.63) is 29.6 Å². The molecule has 0 aliphatic rings.